The third-order valence-electron chi connectivity index (χ3n) is 5.92. The van der Waals surface area contributed by atoms with Gasteiger partial charge in [-0.25, -0.2) is 8.42 Å². The van der Waals surface area contributed by atoms with Crippen LogP contribution in [0.1, 0.15) is 19.8 Å². The second kappa shape index (κ2) is 9.48. The fraction of sp³-hybridized carbons (Fsp3) is 0.435. The predicted octanol–water partition coefficient (Wildman–Crippen LogP) is 2.57. The first-order valence-corrected chi connectivity index (χ1v) is 12.3. The van der Waals surface area contributed by atoms with Crippen LogP contribution in [0.2, 0.25) is 0 Å². The number of amides is 1. The Balaban J connectivity index is 1.32. The van der Waals surface area contributed by atoms with Crippen LogP contribution in [0.5, 0.6) is 11.5 Å². The number of hydrogen-bond donors (Lipinski definition) is 1. The van der Waals surface area contributed by atoms with E-state index in [1.54, 1.807) is 24.3 Å². The molecular formula is C23H29N3O5S. The second-order valence-electron chi connectivity index (χ2n) is 8.24. The Morgan fingerprint density at radius 1 is 1.12 bits per heavy atom. The van der Waals surface area contributed by atoms with Crippen molar-refractivity contribution in [3.63, 3.8) is 0 Å². The molecule has 32 heavy (non-hydrogen) atoms. The minimum atomic E-state index is -3.46. The lowest BCUT2D eigenvalue weighted by Crippen LogP contribution is -2.46. The maximum atomic E-state index is 12.7. The molecule has 2 aromatic rings. The fourth-order valence-corrected chi connectivity index (χ4v) is 5.38. The van der Waals surface area contributed by atoms with E-state index in [1.807, 2.05) is 43.1 Å². The van der Waals surface area contributed by atoms with Gasteiger partial charge in [-0.05, 0) is 63.2 Å². The number of nitrogens with zero attached hydrogens (tertiary/aromatic N) is 2. The van der Waals surface area contributed by atoms with Gasteiger partial charge in [0, 0.05) is 25.3 Å². The zero-order valence-corrected chi connectivity index (χ0v) is 19.2. The Kier molecular flexibility index (Phi) is 6.68. The molecule has 2 heterocycles. The molecule has 4 rings (SSSR count). The predicted molar refractivity (Wildman–Crippen MR) is 122 cm³/mol. The minimum Gasteiger partial charge on any atom is -0.486 e. The van der Waals surface area contributed by atoms with Crippen molar-refractivity contribution in [2.45, 2.75) is 36.8 Å². The quantitative estimate of drug-likeness (QED) is 0.685. The van der Waals surface area contributed by atoms with Gasteiger partial charge in [-0.3, -0.25) is 9.69 Å². The van der Waals surface area contributed by atoms with Gasteiger partial charge in [-0.15, -0.1) is 0 Å². The van der Waals surface area contributed by atoms with E-state index < -0.39 is 16.1 Å². The average Bonchev–Trinajstić information content (AvgIpc) is 3.35. The number of nitrogens with one attached hydrogen (secondary N) is 1. The molecule has 2 atom stereocenters. The van der Waals surface area contributed by atoms with Crippen molar-refractivity contribution in [3.05, 3.63) is 48.5 Å². The van der Waals surface area contributed by atoms with Gasteiger partial charge in [-0.1, -0.05) is 12.1 Å². The summed E-state index contributed by atoms with van der Waals surface area (Å²) in [7, 11) is -1.60. The van der Waals surface area contributed by atoms with Crippen LogP contribution in [0.4, 0.5) is 5.69 Å². The first-order valence-electron chi connectivity index (χ1n) is 10.8. The van der Waals surface area contributed by atoms with Crippen molar-refractivity contribution in [3.8, 4) is 11.5 Å². The normalized spacial score (nSPS) is 19.7. The zero-order chi connectivity index (χ0) is 22.7. The third kappa shape index (κ3) is 4.90. The number of ether oxygens (including phenoxy) is 2. The molecule has 8 nitrogen and oxygen atoms in total. The smallest absolute Gasteiger partial charge is 0.243 e. The summed E-state index contributed by atoms with van der Waals surface area (Å²) in [4.78, 5) is 14.9. The molecule has 2 aliphatic heterocycles. The van der Waals surface area contributed by atoms with E-state index in [9.17, 15) is 13.2 Å². The van der Waals surface area contributed by atoms with Crippen molar-refractivity contribution in [1.82, 2.24) is 9.21 Å². The lowest BCUT2D eigenvalue weighted by Gasteiger charge is -2.31. The molecule has 0 bridgehead atoms. The number of sulfonamides is 1. The van der Waals surface area contributed by atoms with Crippen molar-refractivity contribution < 1.29 is 22.7 Å². The molecule has 2 aliphatic rings. The number of benzene rings is 2. The van der Waals surface area contributed by atoms with Crippen molar-refractivity contribution in [2.75, 3.05) is 38.6 Å². The molecule has 1 saturated heterocycles. The first-order chi connectivity index (χ1) is 15.3. The molecule has 0 aromatic heterocycles. The standard InChI is InChI=1S/C23H29N3O5S/c1-17(25(2)15-19-16-30-21-7-3-4-8-22(21)31-19)23(27)24-18-9-11-20(12-10-18)32(28,29)26-13-5-6-14-26/h3-4,7-12,17,19H,5-6,13-16H2,1-2H3,(H,24,27)/t17-,19-/m0/s1. The molecule has 172 valence electrons. The van der Waals surface area contributed by atoms with E-state index in [2.05, 4.69) is 5.32 Å². The van der Waals surface area contributed by atoms with Crippen LogP contribution in [-0.2, 0) is 14.8 Å². The molecule has 1 amide bonds. The molecule has 0 spiro atoms. The Labute approximate surface area is 189 Å². The van der Waals surface area contributed by atoms with E-state index >= 15 is 0 Å². The van der Waals surface area contributed by atoms with Crippen molar-refractivity contribution >= 4 is 21.6 Å². The molecule has 0 aliphatic carbocycles. The maximum absolute atomic E-state index is 12.7. The fourth-order valence-electron chi connectivity index (χ4n) is 3.87. The number of hydrogen-bond acceptors (Lipinski definition) is 6. The van der Waals surface area contributed by atoms with E-state index in [0.29, 0.717) is 37.7 Å². The van der Waals surface area contributed by atoms with Gasteiger partial charge < -0.3 is 14.8 Å². The highest BCUT2D eigenvalue weighted by atomic mass is 32.2. The number of carbonyl (C=O) groups is 1. The third-order valence-corrected chi connectivity index (χ3v) is 7.84. The number of para-hydroxylation sites is 2. The summed E-state index contributed by atoms with van der Waals surface area (Å²) in [6.45, 7) is 3.88. The van der Waals surface area contributed by atoms with Crippen LogP contribution >= 0.6 is 0 Å². The van der Waals surface area contributed by atoms with Crippen molar-refractivity contribution in [2.24, 2.45) is 0 Å². The molecule has 1 N–H and O–H groups in total. The van der Waals surface area contributed by atoms with Crippen LogP contribution in [0.15, 0.2) is 53.4 Å². The Morgan fingerprint density at radius 3 is 2.47 bits per heavy atom. The Morgan fingerprint density at radius 2 is 1.78 bits per heavy atom. The van der Waals surface area contributed by atoms with Gasteiger partial charge >= 0.3 is 0 Å². The lowest BCUT2D eigenvalue weighted by atomic mass is 10.2. The zero-order valence-electron chi connectivity index (χ0n) is 18.4. The van der Waals surface area contributed by atoms with Crippen LogP contribution in [0.25, 0.3) is 0 Å². The summed E-state index contributed by atoms with van der Waals surface area (Å²) in [5, 5.41) is 2.86. The molecule has 1 fully saturated rings. The number of carbonyl (C=O) groups excluding carboxylic acids is 1. The van der Waals surface area contributed by atoms with Gasteiger partial charge in [0.25, 0.3) is 0 Å². The van der Waals surface area contributed by atoms with Crippen LogP contribution in [0.3, 0.4) is 0 Å². The van der Waals surface area contributed by atoms with Crippen LogP contribution < -0.4 is 14.8 Å². The molecule has 9 heteroatoms. The second-order valence-corrected chi connectivity index (χ2v) is 10.2. The molecule has 0 radical (unpaired) electrons. The first kappa shape index (κ1) is 22.6. The highest BCUT2D eigenvalue weighted by molar-refractivity contribution is 7.89. The monoisotopic (exact) mass is 459 g/mol. The van der Waals surface area contributed by atoms with Gasteiger partial charge in [0.05, 0.1) is 10.9 Å². The van der Waals surface area contributed by atoms with Gasteiger partial charge in [0.2, 0.25) is 15.9 Å². The summed E-state index contributed by atoms with van der Waals surface area (Å²) < 4.78 is 38.5. The molecule has 0 saturated carbocycles. The Hall–Kier alpha value is -2.62. The minimum absolute atomic E-state index is 0.180. The summed E-state index contributed by atoms with van der Waals surface area (Å²) in [6, 6.07) is 13.5. The molecule has 0 unspecified atom stereocenters. The van der Waals surface area contributed by atoms with Gasteiger partial charge in [0.1, 0.15) is 12.7 Å². The average molecular weight is 460 g/mol. The van der Waals surface area contributed by atoms with Crippen LogP contribution in [0, 0.1) is 0 Å². The Bertz CT molecular complexity index is 1050. The molecule has 2 aromatic carbocycles. The SMILES string of the molecule is C[C@@H](C(=O)Nc1ccc(S(=O)(=O)N2CCCC2)cc1)N(C)C[C@H]1COc2ccccc2O1. The molecular weight excluding hydrogens is 430 g/mol. The van der Waals surface area contributed by atoms with E-state index in [4.69, 9.17) is 9.47 Å². The van der Waals surface area contributed by atoms with Crippen molar-refractivity contribution in [1.29, 1.82) is 0 Å². The summed E-state index contributed by atoms with van der Waals surface area (Å²) >= 11 is 0. The lowest BCUT2D eigenvalue weighted by molar-refractivity contribution is -0.120. The number of rotatable bonds is 7. The number of fused-ring (bicyclic) bond motifs is 1. The number of anilines is 1. The summed E-state index contributed by atoms with van der Waals surface area (Å²) in [5.41, 5.74) is 0.557. The largest absolute Gasteiger partial charge is 0.486 e. The summed E-state index contributed by atoms with van der Waals surface area (Å²) in [5.74, 6) is 1.25. The van der Waals surface area contributed by atoms with Crippen LogP contribution in [-0.4, -0.2) is 69.0 Å². The highest BCUT2D eigenvalue weighted by Gasteiger charge is 2.28. The van der Waals surface area contributed by atoms with Gasteiger partial charge in [0.15, 0.2) is 11.5 Å². The number of likely N-dealkylation sites (N-methyl/N-ethyl adjacent to an activating group) is 1. The van der Waals surface area contributed by atoms with E-state index in [0.717, 1.165) is 18.6 Å². The maximum Gasteiger partial charge on any atom is 0.243 e. The van der Waals surface area contributed by atoms with Gasteiger partial charge in [-0.2, -0.15) is 4.31 Å². The summed E-state index contributed by atoms with van der Waals surface area (Å²) in [6.07, 6.45) is 1.60. The highest BCUT2D eigenvalue weighted by Crippen LogP contribution is 2.31. The van der Waals surface area contributed by atoms with E-state index in [-0.39, 0.29) is 16.9 Å². The topological polar surface area (TPSA) is 88.2 Å². The van der Waals surface area contributed by atoms with E-state index in [1.165, 1.54) is 4.31 Å².